The van der Waals surface area contributed by atoms with Crippen LogP contribution in [0.2, 0.25) is 0 Å². The SMILES string of the molecule is CSc1nsc(N2CC(CN=[N+]=[N-])CC2=O)n1. The zero-order valence-electron chi connectivity index (χ0n) is 9.11. The molecule has 1 amide bonds. The molecule has 9 heteroatoms. The highest BCUT2D eigenvalue weighted by atomic mass is 32.2. The van der Waals surface area contributed by atoms with Gasteiger partial charge in [-0.2, -0.15) is 9.36 Å². The van der Waals surface area contributed by atoms with Gasteiger partial charge >= 0.3 is 0 Å². The van der Waals surface area contributed by atoms with E-state index in [2.05, 4.69) is 19.4 Å². The van der Waals surface area contributed by atoms with E-state index in [0.29, 0.717) is 29.8 Å². The van der Waals surface area contributed by atoms with Gasteiger partial charge in [0.2, 0.25) is 16.2 Å². The molecule has 0 radical (unpaired) electrons. The van der Waals surface area contributed by atoms with E-state index in [0.717, 1.165) is 0 Å². The quantitative estimate of drug-likeness (QED) is 0.361. The first-order valence-corrected chi connectivity index (χ1v) is 6.93. The van der Waals surface area contributed by atoms with Gasteiger partial charge in [0.15, 0.2) is 0 Å². The number of azide groups is 1. The molecule has 1 saturated heterocycles. The summed E-state index contributed by atoms with van der Waals surface area (Å²) in [4.78, 5) is 20.3. The molecule has 1 fully saturated rings. The zero-order chi connectivity index (χ0) is 12.3. The van der Waals surface area contributed by atoms with Gasteiger partial charge in [-0.1, -0.05) is 16.9 Å². The number of hydrogen-bond acceptors (Lipinski definition) is 6. The van der Waals surface area contributed by atoms with Gasteiger partial charge in [0, 0.05) is 36.0 Å². The lowest BCUT2D eigenvalue weighted by Crippen LogP contribution is -2.24. The van der Waals surface area contributed by atoms with Crippen LogP contribution in [-0.2, 0) is 4.79 Å². The summed E-state index contributed by atoms with van der Waals surface area (Å²) in [6.45, 7) is 0.911. The van der Waals surface area contributed by atoms with Crippen LogP contribution in [0.15, 0.2) is 10.3 Å². The predicted molar refractivity (Wildman–Crippen MR) is 66.2 cm³/mol. The molecule has 90 valence electrons. The Morgan fingerprint density at radius 1 is 1.76 bits per heavy atom. The maximum Gasteiger partial charge on any atom is 0.229 e. The van der Waals surface area contributed by atoms with Gasteiger partial charge in [-0.15, -0.1) is 0 Å². The second-order valence-corrected chi connectivity index (χ2v) is 5.06. The molecule has 0 spiro atoms. The number of rotatable bonds is 4. The van der Waals surface area contributed by atoms with Crippen molar-refractivity contribution in [2.45, 2.75) is 11.6 Å². The number of thioether (sulfide) groups is 1. The second kappa shape index (κ2) is 5.35. The molecule has 0 N–H and O–H groups in total. The number of aromatic nitrogens is 2. The Morgan fingerprint density at radius 2 is 2.59 bits per heavy atom. The Labute approximate surface area is 106 Å². The van der Waals surface area contributed by atoms with Gasteiger partial charge in [0.05, 0.1) is 0 Å². The van der Waals surface area contributed by atoms with Gasteiger partial charge in [-0.25, -0.2) is 0 Å². The number of carbonyl (C=O) groups excluding carboxylic acids is 1. The number of anilines is 1. The Balaban J connectivity index is 2.07. The molecule has 1 aliphatic heterocycles. The lowest BCUT2D eigenvalue weighted by atomic mass is 10.1. The fraction of sp³-hybridized carbons (Fsp3) is 0.625. The third-order valence-corrected chi connectivity index (χ3v) is 3.82. The number of hydrogen-bond donors (Lipinski definition) is 0. The van der Waals surface area contributed by atoms with E-state index in [1.807, 2.05) is 6.26 Å². The monoisotopic (exact) mass is 270 g/mol. The van der Waals surface area contributed by atoms with Crippen molar-refractivity contribution in [3.05, 3.63) is 10.4 Å². The third-order valence-electron chi connectivity index (χ3n) is 2.42. The van der Waals surface area contributed by atoms with Crippen molar-refractivity contribution in [1.29, 1.82) is 0 Å². The van der Waals surface area contributed by atoms with Gasteiger partial charge < -0.3 is 0 Å². The highest BCUT2D eigenvalue weighted by molar-refractivity contribution is 7.98. The first-order valence-electron chi connectivity index (χ1n) is 4.93. The van der Waals surface area contributed by atoms with Crippen molar-refractivity contribution in [3.8, 4) is 0 Å². The van der Waals surface area contributed by atoms with Crippen LogP contribution in [0.5, 0.6) is 0 Å². The molecule has 17 heavy (non-hydrogen) atoms. The Bertz CT molecular complexity index is 468. The van der Waals surface area contributed by atoms with Crippen LogP contribution >= 0.6 is 23.3 Å². The fourth-order valence-electron chi connectivity index (χ4n) is 1.64. The van der Waals surface area contributed by atoms with Crippen molar-refractivity contribution >= 4 is 34.3 Å². The Kier molecular flexibility index (Phi) is 3.82. The highest BCUT2D eigenvalue weighted by Gasteiger charge is 2.32. The van der Waals surface area contributed by atoms with Crippen LogP contribution in [-0.4, -0.2) is 34.6 Å². The summed E-state index contributed by atoms with van der Waals surface area (Å²) in [5.74, 6) is 0.104. The average Bonchev–Trinajstić information content (AvgIpc) is 2.92. The predicted octanol–water partition coefficient (Wildman–Crippen LogP) is 1.92. The minimum absolute atomic E-state index is 0.0203. The standard InChI is InChI=1S/C8H10N6OS2/c1-16-7-11-8(17-12-7)14-4-5(2-6(14)15)3-10-13-9/h5H,2-4H2,1H3. The van der Waals surface area contributed by atoms with Crippen molar-refractivity contribution in [2.24, 2.45) is 11.0 Å². The summed E-state index contributed by atoms with van der Waals surface area (Å²) in [7, 11) is 0. The van der Waals surface area contributed by atoms with E-state index >= 15 is 0 Å². The largest absolute Gasteiger partial charge is 0.287 e. The van der Waals surface area contributed by atoms with Gasteiger partial charge in [-0.05, 0) is 17.7 Å². The van der Waals surface area contributed by atoms with Crippen LogP contribution in [0, 0.1) is 5.92 Å². The maximum atomic E-state index is 11.8. The minimum atomic E-state index is 0.0203. The molecule has 0 saturated carbocycles. The van der Waals surface area contributed by atoms with Crippen molar-refractivity contribution in [1.82, 2.24) is 9.36 Å². The van der Waals surface area contributed by atoms with Crippen LogP contribution < -0.4 is 4.90 Å². The molecule has 0 aliphatic carbocycles. The summed E-state index contributed by atoms with van der Waals surface area (Å²) in [6, 6.07) is 0. The molecule has 1 aliphatic rings. The lowest BCUT2D eigenvalue weighted by Gasteiger charge is -2.10. The summed E-state index contributed by atoms with van der Waals surface area (Å²) in [6.07, 6.45) is 2.30. The average molecular weight is 270 g/mol. The summed E-state index contributed by atoms with van der Waals surface area (Å²) < 4.78 is 4.12. The van der Waals surface area contributed by atoms with E-state index < -0.39 is 0 Å². The minimum Gasteiger partial charge on any atom is -0.287 e. The molecule has 1 aromatic rings. The van der Waals surface area contributed by atoms with Gasteiger partial charge in [0.1, 0.15) is 0 Å². The van der Waals surface area contributed by atoms with E-state index in [4.69, 9.17) is 5.53 Å². The molecule has 0 aromatic carbocycles. The van der Waals surface area contributed by atoms with E-state index in [9.17, 15) is 4.79 Å². The molecule has 1 atom stereocenters. The molecule has 1 aromatic heterocycles. The second-order valence-electron chi connectivity index (χ2n) is 3.55. The molecule has 1 unspecified atom stereocenters. The van der Waals surface area contributed by atoms with Crippen LogP contribution in [0.4, 0.5) is 5.13 Å². The Morgan fingerprint density at radius 3 is 3.24 bits per heavy atom. The fourth-order valence-corrected chi connectivity index (χ4v) is 2.88. The van der Waals surface area contributed by atoms with E-state index in [1.165, 1.54) is 23.3 Å². The van der Waals surface area contributed by atoms with E-state index in [1.54, 1.807) is 4.90 Å². The number of nitrogens with zero attached hydrogens (tertiary/aromatic N) is 6. The zero-order valence-corrected chi connectivity index (χ0v) is 10.7. The first-order chi connectivity index (χ1) is 8.24. The number of carbonyl (C=O) groups is 1. The Hall–Kier alpha value is -1.31. The normalized spacial score (nSPS) is 19.5. The van der Waals surface area contributed by atoms with Crippen LogP contribution in [0.1, 0.15) is 6.42 Å². The highest BCUT2D eigenvalue weighted by Crippen LogP contribution is 2.28. The summed E-state index contributed by atoms with van der Waals surface area (Å²) in [5.41, 5.74) is 8.25. The molecular weight excluding hydrogens is 260 g/mol. The summed E-state index contributed by atoms with van der Waals surface area (Å²) >= 11 is 2.67. The van der Waals surface area contributed by atoms with Crippen molar-refractivity contribution in [3.63, 3.8) is 0 Å². The lowest BCUT2D eigenvalue weighted by molar-refractivity contribution is -0.117. The van der Waals surface area contributed by atoms with Gasteiger partial charge in [0.25, 0.3) is 0 Å². The maximum absolute atomic E-state index is 11.8. The molecular formula is C8H10N6OS2. The van der Waals surface area contributed by atoms with Crippen molar-refractivity contribution < 1.29 is 4.79 Å². The number of amides is 1. The molecule has 0 bridgehead atoms. The van der Waals surface area contributed by atoms with Crippen LogP contribution in [0.25, 0.3) is 10.4 Å². The summed E-state index contributed by atoms with van der Waals surface area (Å²) in [5, 5.41) is 4.81. The molecule has 2 heterocycles. The van der Waals surface area contributed by atoms with Crippen LogP contribution in [0.3, 0.4) is 0 Å². The molecule has 2 rings (SSSR count). The topological polar surface area (TPSA) is 94.9 Å². The molecule has 7 nitrogen and oxygen atoms in total. The van der Waals surface area contributed by atoms with E-state index in [-0.39, 0.29) is 11.8 Å². The first kappa shape index (κ1) is 12.2. The van der Waals surface area contributed by atoms with Crippen molar-refractivity contribution in [2.75, 3.05) is 24.2 Å². The smallest absolute Gasteiger partial charge is 0.229 e. The third kappa shape index (κ3) is 2.68. The van der Waals surface area contributed by atoms with Gasteiger partial charge in [-0.3, -0.25) is 9.69 Å².